The lowest BCUT2D eigenvalue weighted by Crippen LogP contribution is -2.17. The lowest BCUT2D eigenvalue weighted by atomic mass is 10.0. The fraction of sp³-hybridized carbons (Fsp3) is 0.467. The lowest BCUT2D eigenvalue weighted by Gasteiger charge is -2.20. The van der Waals surface area contributed by atoms with E-state index < -0.39 is 0 Å². The van der Waals surface area contributed by atoms with Gasteiger partial charge in [0.2, 0.25) is 0 Å². The number of rotatable bonds is 3. The molecule has 0 spiro atoms. The van der Waals surface area contributed by atoms with Crippen molar-refractivity contribution in [2.75, 3.05) is 0 Å². The van der Waals surface area contributed by atoms with Crippen LogP contribution in [0.2, 0.25) is 0 Å². The summed E-state index contributed by atoms with van der Waals surface area (Å²) in [7, 11) is 0. The molecule has 1 saturated carbocycles. The molecule has 0 bridgehead atoms. The van der Waals surface area contributed by atoms with E-state index >= 15 is 0 Å². The third-order valence-electron chi connectivity index (χ3n) is 3.07. The molecule has 0 radical (unpaired) electrons. The minimum atomic E-state index is -0.0218. The first-order chi connectivity index (χ1) is 7.57. The van der Waals surface area contributed by atoms with Gasteiger partial charge in [-0.25, -0.2) is 0 Å². The molecule has 1 heteroatoms. The van der Waals surface area contributed by atoms with Gasteiger partial charge in [0, 0.05) is 5.56 Å². The highest BCUT2D eigenvalue weighted by molar-refractivity contribution is 5.44. The van der Waals surface area contributed by atoms with E-state index in [1.807, 2.05) is 6.07 Å². The summed E-state index contributed by atoms with van der Waals surface area (Å²) in [5, 5.41) is 0. The maximum atomic E-state index is 6.01. The number of terminal acetylenes is 1. The Kier molecular flexibility index (Phi) is 2.78. The number of hydrogen-bond donors (Lipinski definition) is 0. The molecule has 1 fully saturated rings. The highest BCUT2D eigenvalue weighted by Gasteiger charge is 2.46. The predicted octanol–water partition coefficient (Wildman–Crippen LogP) is 3.39. The molecule has 1 aromatic rings. The van der Waals surface area contributed by atoms with E-state index in [1.165, 1.54) is 11.1 Å². The van der Waals surface area contributed by atoms with E-state index in [4.69, 9.17) is 11.2 Å². The maximum absolute atomic E-state index is 6.01. The molecule has 0 amide bonds. The van der Waals surface area contributed by atoms with Crippen LogP contribution in [0.15, 0.2) is 18.2 Å². The normalized spacial score (nSPS) is 17.2. The van der Waals surface area contributed by atoms with E-state index in [2.05, 4.69) is 38.8 Å². The second kappa shape index (κ2) is 3.96. The minimum absolute atomic E-state index is 0.0218. The molecule has 0 aliphatic heterocycles. The van der Waals surface area contributed by atoms with Crippen molar-refractivity contribution in [3.05, 3.63) is 34.9 Å². The van der Waals surface area contributed by atoms with E-state index in [0.717, 1.165) is 18.4 Å². The zero-order valence-electron chi connectivity index (χ0n) is 10.2. The molecule has 0 heterocycles. The third-order valence-corrected chi connectivity index (χ3v) is 3.07. The zero-order valence-corrected chi connectivity index (χ0v) is 10.2. The second-order valence-electron chi connectivity index (χ2n) is 4.83. The van der Waals surface area contributed by atoms with E-state index in [-0.39, 0.29) is 11.7 Å². The number of benzene rings is 1. The average Bonchev–Trinajstić information content (AvgIpc) is 2.98. The molecule has 0 atom stereocenters. The molecule has 0 aromatic heterocycles. The average molecular weight is 214 g/mol. The molecule has 1 aliphatic rings. The number of ether oxygens (including phenoxy) is 1. The largest absolute Gasteiger partial charge is 0.368 e. The fourth-order valence-electron chi connectivity index (χ4n) is 2.15. The molecule has 2 rings (SSSR count). The van der Waals surface area contributed by atoms with Crippen LogP contribution in [0.1, 0.15) is 43.4 Å². The second-order valence-corrected chi connectivity index (χ2v) is 4.83. The van der Waals surface area contributed by atoms with Crippen molar-refractivity contribution in [3.8, 4) is 12.3 Å². The molecular weight excluding hydrogens is 196 g/mol. The standard InChI is InChI=1S/C15H18O/c1-5-13-6-7-14(10-12(13)4)15(8-9-15)16-11(2)3/h1,6-7,10-11H,8-9H2,2-4H3. The Morgan fingerprint density at radius 1 is 1.38 bits per heavy atom. The van der Waals surface area contributed by atoms with Crippen LogP contribution < -0.4 is 0 Å². The van der Waals surface area contributed by atoms with Crippen LogP contribution in [0.4, 0.5) is 0 Å². The fourth-order valence-corrected chi connectivity index (χ4v) is 2.15. The van der Waals surface area contributed by atoms with Crippen LogP contribution >= 0.6 is 0 Å². The first-order valence-electron chi connectivity index (χ1n) is 5.83. The van der Waals surface area contributed by atoms with Gasteiger partial charge in [0.25, 0.3) is 0 Å². The lowest BCUT2D eigenvalue weighted by molar-refractivity contribution is -0.0143. The molecule has 16 heavy (non-hydrogen) atoms. The Balaban J connectivity index is 2.29. The van der Waals surface area contributed by atoms with Crippen molar-refractivity contribution in [1.82, 2.24) is 0 Å². The monoisotopic (exact) mass is 214 g/mol. The van der Waals surface area contributed by atoms with Gasteiger partial charge in [-0.05, 0) is 50.8 Å². The zero-order chi connectivity index (χ0) is 11.8. The third kappa shape index (κ3) is 1.99. The van der Waals surface area contributed by atoms with Crippen LogP contribution in [0, 0.1) is 19.3 Å². The van der Waals surface area contributed by atoms with Crippen LogP contribution in [0.3, 0.4) is 0 Å². The van der Waals surface area contributed by atoms with Crippen LogP contribution in [-0.4, -0.2) is 6.10 Å². The molecule has 1 aliphatic carbocycles. The quantitative estimate of drug-likeness (QED) is 0.701. The molecule has 1 nitrogen and oxygen atoms in total. The summed E-state index contributed by atoms with van der Waals surface area (Å²) in [6.45, 7) is 6.23. The molecule has 0 unspecified atom stereocenters. The first kappa shape index (κ1) is 11.2. The van der Waals surface area contributed by atoms with E-state index in [9.17, 15) is 0 Å². The summed E-state index contributed by atoms with van der Waals surface area (Å²) >= 11 is 0. The van der Waals surface area contributed by atoms with Gasteiger partial charge in [0.15, 0.2) is 0 Å². The van der Waals surface area contributed by atoms with Crippen LogP contribution in [-0.2, 0) is 10.3 Å². The Morgan fingerprint density at radius 2 is 2.06 bits per heavy atom. The van der Waals surface area contributed by atoms with Crippen LogP contribution in [0.5, 0.6) is 0 Å². The van der Waals surface area contributed by atoms with Crippen molar-refractivity contribution in [1.29, 1.82) is 0 Å². The molecule has 1 aromatic carbocycles. The summed E-state index contributed by atoms with van der Waals surface area (Å²) in [5.41, 5.74) is 3.40. The van der Waals surface area contributed by atoms with Crippen molar-refractivity contribution < 1.29 is 4.74 Å². The Morgan fingerprint density at radius 3 is 2.50 bits per heavy atom. The highest BCUT2D eigenvalue weighted by atomic mass is 16.5. The van der Waals surface area contributed by atoms with Gasteiger partial charge in [-0.2, -0.15) is 0 Å². The molecule has 84 valence electrons. The SMILES string of the molecule is C#Cc1ccc(C2(OC(C)C)CC2)cc1C. The van der Waals surface area contributed by atoms with Gasteiger partial charge in [-0.15, -0.1) is 6.42 Å². The Labute approximate surface area is 97.8 Å². The van der Waals surface area contributed by atoms with Gasteiger partial charge in [0.1, 0.15) is 0 Å². The molecular formula is C15H18O. The summed E-state index contributed by atoms with van der Waals surface area (Å²) in [6.07, 6.45) is 7.95. The summed E-state index contributed by atoms with van der Waals surface area (Å²) in [4.78, 5) is 0. The van der Waals surface area contributed by atoms with Gasteiger partial charge in [0.05, 0.1) is 11.7 Å². The maximum Gasteiger partial charge on any atom is 0.0937 e. The van der Waals surface area contributed by atoms with Crippen molar-refractivity contribution in [3.63, 3.8) is 0 Å². The molecule has 0 saturated heterocycles. The number of hydrogen-bond acceptors (Lipinski definition) is 1. The van der Waals surface area contributed by atoms with E-state index in [0.29, 0.717) is 0 Å². The topological polar surface area (TPSA) is 9.23 Å². The van der Waals surface area contributed by atoms with Crippen molar-refractivity contribution in [2.45, 2.75) is 45.3 Å². The summed E-state index contributed by atoms with van der Waals surface area (Å²) in [5.74, 6) is 2.69. The van der Waals surface area contributed by atoms with Crippen molar-refractivity contribution >= 4 is 0 Å². The van der Waals surface area contributed by atoms with Gasteiger partial charge >= 0.3 is 0 Å². The highest BCUT2D eigenvalue weighted by Crippen LogP contribution is 2.50. The molecule has 0 N–H and O–H groups in total. The summed E-state index contributed by atoms with van der Waals surface area (Å²) < 4.78 is 6.01. The van der Waals surface area contributed by atoms with Gasteiger partial charge < -0.3 is 4.74 Å². The van der Waals surface area contributed by atoms with Crippen LogP contribution in [0.25, 0.3) is 0 Å². The summed E-state index contributed by atoms with van der Waals surface area (Å²) in [6, 6.07) is 6.30. The van der Waals surface area contributed by atoms with Crippen molar-refractivity contribution in [2.24, 2.45) is 0 Å². The van der Waals surface area contributed by atoms with Gasteiger partial charge in [-0.3, -0.25) is 0 Å². The number of aryl methyl sites for hydroxylation is 1. The Hall–Kier alpha value is -1.26. The smallest absolute Gasteiger partial charge is 0.0937 e. The Bertz CT molecular complexity index is 433. The minimum Gasteiger partial charge on any atom is -0.368 e. The van der Waals surface area contributed by atoms with Gasteiger partial charge in [-0.1, -0.05) is 18.1 Å². The first-order valence-corrected chi connectivity index (χ1v) is 5.83. The van der Waals surface area contributed by atoms with E-state index in [1.54, 1.807) is 0 Å². The predicted molar refractivity (Wildman–Crippen MR) is 66.2 cm³/mol.